The van der Waals surface area contributed by atoms with Gasteiger partial charge in [-0.1, -0.05) is 13.3 Å². The first-order valence-corrected chi connectivity index (χ1v) is 8.33. The van der Waals surface area contributed by atoms with Gasteiger partial charge >= 0.3 is 5.97 Å². The standard InChI is InChI=1S/C16H26N2O3/c1-10-8-11(12(9-10)16(20)21)15(19)17-13-5-7-18-6-3-2-4-14(13)18/h10-14H,2-9H2,1H3,(H,17,19)(H,20,21)/t10?,11-,12+,13?,14?/m0/s1. The highest BCUT2D eigenvalue weighted by Crippen LogP contribution is 2.37. The molecular weight excluding hydrogens is 268 g/mol. The van der Waals surface area contributed by atoms with Gasteiger partial charge in [-0.3, -0.25) is 14.5 Å². The lowest BCUT2D eigenvalue weighted by molar-refractivity contribution is -0.146. The molecule has 2 saturated heterocycles. The van der Waals surface area contributed by atoms with E-state index in [1.165, 1.54) is 12.8 Å². The van der Waals surface area contributed by atoms with Crippen molar-refractivity contribution in [3.63, 3.8) is 0 Å². The number of carboxylic acid groups (broad SMARTS) is 1. The second-order valence-corrected chi connectivity index (χ2v) is 7.13. The lowest BCUT2D eigenvalue weighted by Crippen LogP contribution is -2.49. The zero-order valence-corrected chi connectivity index (χ0v) is 12.8. The van der Waals surface area contributed by atoms with Crippen molar-refractivity contribution in [3.05, 3.63) is 0 Å². The molecule has 3 fully saturated rings. The van der Waals surface area contributed by atoms with Gasteiger partial charge in [-0.25, -0.2) is 0 Å². The number of nitrogens with one attached hydrogen (secondary N) is 1. The summed E-state index contributed by atoms with van der Waals surface area (Å²) in [5, 5.41) is 12.5. The van der Waals surface area contributed by atoms with E-state index in [4.69, 9.17) is 0 Å². The molecule has 3 rings (SSSR count). The zero-order chi connectivity index (χ0) is 15.0. The van der Waals surface area contributed by atoms with Gasteiger partial charge in [-0.05, 0) is 44.6 Å². The summed E-state index contributed by atoms with van der Waals surface area (Å²) in [7, 11) is 0. The topological polar surface area (TPSA) is 69.6 Å². The average Bonchev–Trinajstić information content (AvgIpc) is 3.03. The highest BCUT2D eigenvalue weighted by Gasteiger charge is 2.43. The van der Waals surface area contributed by atoms with Crippen LogP contribution in [0.4, 0.5) is 0 Å². The number of amides is 1. The Morgan fingerprint density at radius 2 is 1.86 bits per heavy atom. The fourth-order valence-corrected chi connectivity index (χ4v) is 4.56. The second-order valence-electron chi connectivity index (χ2n) is 7.13. The summed E-state index contributed by atoms with van der Waals surface area (Å²) in [6.45, 7) is 4.26. The Bertz CT molecular complexity index is 426. The molecule has 0 aromatic carbocycles. The Hall–Kier alpha value is -1.10. The van der Waals surface area contributed by atoms with Crippen LogP contribution >= 0.6 is 0 Å². The maximum atomic E-state index is 12.5. The molecule has 1 saturated carbocycles. The molecule has 1 amide bonds. The van der Waals surface area contributed by atoms with Crippen LogP contribution in [0, 0.1) is 17.8 Å². The molecule has 1 aliphatic carbocycles. The Labute approximate surface area is 126 Å². The Morgan fingerprint density at radius 3 is 2.62 bits per heavy atom. The number of aliphatic carboxylic acids is 1. The van der Waals surface area contributed by atoms with E-state index in [1.807, 2.05) is 6.92 Å². The first-order chi connectivity index (χ1) is 10.1. The molecule has 2 aliphatic heterocycles. The molecule has 5 heteroatoms. The number of carbonyl (C=O) groups is 2. The van der Waals surface area contributed by atoms with Crippen molar-refractivity contribution in [2.24, 2.45) is 17.8 Å². The SMILES string of the molecule is CC1C[C@H](C(=O)NC2CCN3CCCCC23)[C@H](C(=O)O)C1. The Morgan fingerprint density at radius 1 is 1.10 bits per heavy atom. The van der Waals surface area contributed by atoms with Gasteiger partial charge in [0.05, 0.1) is 11.8 Å². The number of nitrogens with zero attached hydrogens (tertiary/aromatic N) is 1. The predicted molar refractivity (Wildman–Crippen MR) is 78.8 cm³/mol. The van der Waals surface area contributed by atoms with Gasteiger partial charge in [0, 0.05) is 18.6 Å². The number of hydrogen-bond acceptors (Lipinski definition) is 3. The van der Waals surface area contributed by atoms with Crippen LogP contribution in [0.1, 0.15) is 45.4 Å². The van der Waals surface area contributed by atoms with E-state index < -0.39 is 11.9 Å². The summed E-state index contributed by atoms with van der Waals surface area (Å²) in [4.78, 5) is 26.4. The smallest absolute Gasteiger partial charge is 0.307 e. The average molecular weight is 294 g/mol. The maximum Gasteiger partial charge on any atom is 0.307 e. The number of piperidine rings is 1. The Kier molecular flexibility index (Phi) is 4.20. The van der Waals surface area contributed by atoms with Gasteiger partial charge < -0.3 is 10.4 Å². The molecule has 0 bridgehead atoms. The molecule has 5 atom stereocenters. The minimum atomic E-state index is -0.815. The third-order valence-electron chi connectivity index (χ3n) is 5.64. The summed E-state index contributed by atoms with van der Waals surface area (Å²) in [6, 6.07) is 0.702. The first-order valence-electron chi connectivity index (χ1n) is 8.33. The van der Waals surface area contributed by atoms with Crippen molar-refractivity contribution >= 4 is 11.9 Å². The zero-order valence-electron chi connectivity index (χ0n) is 12.8. The molecule has 0 aromatic heterocycles. The molecular formula is C16H26N2O3. The fraction of sp³-hybridized carbons (Fsp3) is 0.875. The lowest BCUT2D eigenvalue weighted by atomic mass is 9.93. The highest BCUT2D eigenvalue weighted by atomic mass is 16.4. The van der Waals surface area contributed by atoms with Crippen LogP contribution < -0.4 is 5.32 Å². The predicted octanol–water partition coefficient (Wildman–Crippen LogP) is 1.48. The van der Waals surface area contributed by atoms with E-state index in [9.17, 15) is 14.7 Å². The second kappa shape index (κ2) is 5.95. The molecule has 0 aromatic rings. The molecule has 0 spiro atoms. The third kappa shape index (κ3) is 2.93. The molecule has 21 heavy (non-hydrogen) atoms. The van der Waals surface area contributed by atoms with E-state index in [-0.39, 0.29) is 17.9 Å². The largest absolute Gasteiger partial charge is 0.481 e. The molecule has 3 unspecified atom stereocenters. The molecule has 118 valence electrons. The lowest BCUT2D eigenvalue weighted by Gasteiger charge is -2.33. The minimum absolute atomic E-state index is 0.0239. The first kappa shape index (κ1) is 14.8. The van der Waals surface area contributed by atoms with Crippen LogP contribution in [0.3, 0.4) is 0 Å². The summed E-state index contributed by atoms with van der Waals surface area (Å²) in [6.07, 6.45) is 6.02. The maximum absolute atomic E-state index is 12.5. The fourth-order valence-electron chi connectivity index (χ4n) is 4.56. The highest BCUT2D eigenvalue weighted by molar-refractivity contribution is 5.85. The van der Waals surface area contributed by atoms with Crippen molar-refractivity contribution < 1.29 is 14.7 Å². The summed E-state index contributed by atoms with van der Waals surface area (Å²) >= 11 is 0. The summed E-state index contributed by atoms with van der Waals surface area (Å²) < 4.78 is 0. The van der Waals surface area contributed by atoms with Gasteiger partial charge in [0.1, 0.15) is 0 Å². The van der Waals surface area contributed by atoms with Crippen LogP contribution in [0.15, 0.2) is 0 Å². The molecule has 0 radical (unpaired) electrons. The van der Waals surface area contributed by atoms with Crippen LogP contribution in [0.5, 0.6) is 0 Å². The van der Waals surface area contributed by atoms with E-state index in [1.54, 1.807) is 0 Å². The summed E-state index contributed by atoms with van der Waals surface area (Å²) in [5.74, 6) is -1.34. The van der Waals surface area contributed by atoms with E-state index in [0.717, 1.165) is 25.9 Å². The molecule has 3 aliphatic rings. The molecule has 2 heterocycles. The minimum Gasteiger partial charge on any atom is -0.481 e. The van der Waals surface area contributed by atoms with Crippen molar-refractivity contribution in [2.75, 3.05) is 13.1 Å². The van der Waals surface area contributed by atoms with E-state index in [0.29, 0.717) is 24.8 Å². The van der Waals surface area contributed by atoms with Gasteiger partial charge in [-0.15, -0.1) is 0 Å². The third-order valence-corrected chi connectivity index (χ3v) is 5.64. The monoisotopic (exact) mass is 294 g/mol. The number of fused-ring (bicyclic) bond motifs is 1. The van der Waals surface area contributed by atoms with E-state index in [2.05, 4.69) is 10.2 Å². The van der Waals surface area contributed by atoms with E-state index >= 15 is 0 Å². The van der Waals surface area contributed by atoms with Crippen LogP contribution in [-0.4, -0.2) is 47.1 Å². The number of rotatable bonds is 3. The van der Waals surface area contributed by atoms with Gasteiger partial charge in [0.15, 0.2) is 0 Å². The Balaban J connectivity index is 1.62. The number of carboxylic acids is 1. The normalized spacial score (nSPS) is 40.0. The van der Waals surface area contributed by atoms with Crippen molar-refractivity contribution in [3.8, 4) is 0 Å². The van der Waals surface area contributed by atoms with Gasteiger partial charge in [0.2, 0.25) is 5.91 Å². The van der Waals surface area contributed by atoms with Crippen molar-refractivity contribution in [1.82, 2.24) is 10.2 Å². The van der Waals surface area contributed by atoms with Gasteiger partial charge in [-0.2, -0.15) is 0 Å². The molecule has 2 N–H and O–H groups in total. The number of carbonyl (C=O) groups excluding carboxylic acids is 1. The molecule has 5 nitrogen and oxygen atoms in total. The van der Waals surface area contributed by atoms with Gasteiger partial charge in [0.25, 0.3) is 0 Å². The van der Waals surface area contributed by atoms with Crippen LogP contribution in [0.2, 0.25) is 0 Å². The quantitative estimate of drug-likeness (QED) is 0.827. The van der Waals surface area contributed by atoms with Crippen molar-refractivity contribution in [2.45, 2.75) is 57.5 Å². The van der Waals surface area contributed by atoms with Crippen LogP contribution in [-0.2, 0) is 9.59 Å². The number of hydrogen-bond donors (Lipinski definition) is 2. The summed E-state index contributed by atoms with van der Waals surface area (Å²) in [5.41, 5.74) is 0. The van der Waals surface area contributed by atoms with Crippen LogP contribution in [0.25, 0.3) is 0 Å². The van der Waals surface area contributed by atoms with Crippen molar-refractivity contribution in [1.29, 1.82) is 0 Å².